The standard InChI is InChI=1S/C19H15ClN4O5S/c20-13-7-5-12(6-8-13)19-23-22-16(29-19)11-28-17(25)9-10-21-18-14-3-1-2-4-15(14)30(26,27)24-18/h1-8H,9-11H2,(H,21,24). The van der Waals surface area contributed by atoms with Crippen LogP contribution in [0, 0.1) is 0 Å². The number of ether oxygens (including phenoxy) is 1. The maximum Gasteiger partial charge on any atom is 0.308 e. The lowest BCUT2D eigenvalue weighted by molar-refractivity contribution is -0.145. The Hall–Kier alpha value is -3.24. The third-order valence-corrected chi connectivity index (χ3v) is 5.81. The van der Waals surface area contributed by atoms with Crippen LogP contribution in [0.1, 0.15) is 17.9 Å². The number of nitrogens with one attached hydrogen (secondary N) is 1. The molecule has 0 saturated heterocycles. The average molecular weight is 447 g/mol. The summed E-state index contributed by atoms with van der Waals surface area (Å²) in [4.78, 5) is 16.3. The van der Waals surface area contributed by atoms with Crippen molar-refractivity contribution in [3.05, 3.63) is 65.0 Å². The van der Waals surface area contributed by atoms with Gasteiger partial charge >= 0.3 is 5.97 Å². The number of carbonyl (C=O) groups is 1. The monoisotopic (exact) mass is 446 g/mol. The van der Waals surface area contributed by atoms with Gasteiger partial charge in [0, 0.05) is 16.1 Å². The first-order valence-electron chi connectivity index (χ1n) is 8.83. The van der Waals surface area contributed by atoms with Gasteiger partial charge in [-0.3, -0.25) is 14.5 Å². The molecular formula is C19H15ClN4O5S. The van der Waals surface area contributed by atoms with E-state index in [4.69, 9.17) is 20.8 Å². The third-order valence-electron chi connectivity index (χ3n) is 4.16. The average Bonchev–Trinajstić information content (AvgIpc) is 3.30. The molecule has 0 atom stereocenters. The van der Waals surface area contributed by atoms with Gasteiger partial charge in [0.2, 0.25) is 5.89 Å². The molecule has 154 valence electrons. The number of hydrogen-bond donors (Lipinski definition) is 1. The van der Waals surface area contributed by atoms with Crippen molar-refractivity contribution in [3.63, 3.8) is 0 Å². The van der Waals surface area contributed by atoms with Crippen LogP contribution in [-0.4, -0.2) is 37.0 Å². The Labute approximate surface area is 176 Å². The summed E-state index contributed by atoms with van der Waals surface area (Å²) >= 11 is 5.84. The number of aromatic nitrogens is 2. The topological polar surface area (TPSA) is 124 Å². The first-order valence-corrected chi connectivity index (χ1v) is 10.7. The van der Waals surface area contributed by atoms with Crippen LogP contribution >= 0.6 is 11.6 Å². The summed E-state index contributed by atoms with van der Waals surface area (Å²) in [6.07, 6.45) is -0.0361. The predicted molar refractivity (Wildman–Crippen MR) is 107 cm³/mol. The molecule has 9 nitrogen and oxygen atoms in total. The van der Waals surface area contributed by atoms with Crippen LogP contribution in [0.25, 0.3) is 11.5 Å². The van der Waals surface area contributed by atoms with Gasteiger partial charge in [0.05, 0.1) is 17.9 Å². The molecule has 0 radical (unpaired) electrons. The second-order valence-corrected chi connectivity index (χ2v) is 8.34. The number of halogens is 1. The van der Waals surface area contributed by atoms with E-state index in [0.29, 0.717) is 16.1 Å². The summed E-state index contributed by atoms with van der Waals surface area (Å²) in [7, 11) is -3.61. The second kappa shape index (κ2) is 8.25. The van der Waals surface area contributed by atoms with Crippen LogP contribution in [0.4, 0.5) is 0 Å². The zero-order valence-corrected chi connectivity index (χ0v) is 17.0. The fraction of sp³-hybridized carbons (Fsp3) is 0.158. The summed E-state index contributed by atoms with van der Waals surface area (Å²) in [6, 6.07) is 13.4. The molecule has 2 heterocycles. The molecule has 0 spiro atoms. The van der Waals surface area contributed by atoms with Crippen molar-refractivity contribution in [2.24, 2.45) is 4.99 Å². The molecule has 0 aliphatic carbocycles. The van der Waals surface area contributed by atoms with Crippen LogP contribution in [0.2, 0.25) is 5.02 Å². The van der Waals surface area contributed by atoms with Crippen molar-refractivity contribution in [3.8, 4) is 11.5 Å². The van der Waals surface area contributed by atoms with E-state index >= 15 is 0 Å². The first-order chi connectivity index (χ1) is 14.4. The zero-order chi connectivity index (χ0) is 21.1. The van der Waals surface area contributed by atoms with E-state index in [1.807, 2.05) is 0 Å². The Morgan fingerprint density at radius 3 is 2.70 bits per heavy atom. The molecule has 3 aromatic rings. The first kappa shape index (κ1) is 20.0. The van der Waals surface area contributed by atoms with Crippen LogP contribution in [0.15, 0.2) is 62.8 Å². The fourth-order valence-corrected chi connectivity index (χ4v) is 4.12. The fourth-order valence-electron chi connectivity index (χ4n) is 2.75. The number of sulfonamides is 1. The summed E-state index contributed by atoms with van der Waals surface area (Å²) in [6.45, 7) is -0.115. The number of hydrogen-bond acceptors (Lipinski definition) is 8. The van der Waals surface area contributed by atoms with Gasteiger partial charge in [0.1, 0.15) is 5.84 Å². The van der Waals surface area contributed by atoms with Crippen LogP contribution < -0.4 is 4.72 Å². The minimum atomic E-state index is -3.61. The van der Waals surface area contributed by atoms with Crippen molar-refractivity contribution in [1.82, 2.24) is 14.9 Å². The highest BCUT2D eigenvalue weighted by Crippen LogP contribution is 2.22. The van der Waals surface area contributed by atoms with Gasteiger partial charge in [-0.05, 0) is 36.4 Å². The lowest BCUT2D eigenvalue weighted by Crippen LogP contribution is -2.22. The Balaban J connectivity index is 1.30. The van der Waals surface area contributed by atoms with Gasteiger partial charge in [-0.25, -0.2) is 8.42 Å². The highest BCUT2D eigenvalue weighted by Gasteiger charge is 2.29. The third kappa shape index (κ3) is 4.34. The van der Waals surface area contributed by atoms with E-state index in [2.05, 4.69) is 19.9 Å². The van der Waals surface area contributed by atoms with E-state index in [0.717, 1.165) is 0 Å². The van der Waals surface area contributed by atoms with Gasteiger partial charge in [-0.2, -0.15) is 0 Å². The van der Waals surface area contributed by atoms with Crippen molar-refractivity contribution in [2.45, 2.75) is 17.9 Å². The second-order valence-electron chi connectivity index (χ2n) is 6.25. The number of benzene rings is 2. The Kier molecular flexibility index (Phi) is 5.51. The van der Waals surface area contributed by atoms with Gasteiger partial charge in [0.15, 0.2) is 6.61 Å². The molecule has 1 aliphatic rings. The van der Waals surface area contributed by atoms with Crippen LogP contribution in [0.5, 0.6) is 0 Å². The van der Waals surface area contributed by atoms with Crippen molar-refractivity contribution >= 4 is 33.4 Å². The molecule has 0 saturated carbocycles. The Bertz CT molecular complexity index is 1220. The molecule has 0 bridgehead atoms. The Morgan fingerprint density at radius 1 is 1.13 bits per heavy atom. The van der Waals surface area contributed by atoms with Crippen molar-refractivity contribution < 1.29 is 22.4 Å². The lowest BCUT2D eigenvalue weighted by Gasteiger charge is -2.01. The minimum absolute atomic E-state index is 0.0361. The van der Waals surface area contributed by atoms with Gasteiger partial charge < -0.3 is 9.15 Å². The molecule has 1 N–H and O–H groups in total. The van der Waals surface area contributed by atoms with Crippen molar-refractivity contribution in [2.75, 3.05) is 6.54 Å². The maximum atomic E-state index is 12.0. The van der Waals surface area contributed by atoms with Gasteiger partial charge in [0.25, 0.3) is 15.9 Å². The number of fused-ring (bicyclic) bond motifs is 1. The molecular weight excluding hydrogens is 432 g/mol. The quantitative estimate of drug-likeness (QED) is 0.577. The Morgan fingerprint density at radius 2 is 1.90 bits per heavy atom. The smallest absolute Gasteiger partial charge is 0.308 e. The van der Waals surface area contributed by atoms with E-state index in [9.17, 15) is 13.2 Å². The molecule has 0 fully saturated rings. The van der Waals surface area contributed by atoms with Crippen molar-refractivity contribution in [1.29, 1.82) is 0 Å². The SMILES string of the molecule is O=C(CCN=C1NS(=O)(=O)c2ccccc21)OCc1nnc(-c2ccc(Cl)cc2)o1. The van der Waals surface area contributed by atoms with E-state index < -0.39 is 16.0 Å². The number of aliphatic imine (C=N–C) groups is 1. The predicted octanol–water partition coefficient (Wildman–Crippen LogP) is 2.56. The van der Waals surface area contributed by atoms with E-state index in [1.165, 1.54) is 6.07 Å². The summed E-state index contributed by atoms with van der Waals surface area (Å²) in [5, 5.41) is 8.33. The lowest BCUT2D eigenvalue weighted by atomic mass is 10.2. The molecule has 0 unspecified atom stereocenters. The molecule has 2 aromatic carbocycles. The molecule has 30 heavy (non-hydrogen) atoms. The normalized spacial score (nSPS) is 15.6. The number of esters is 1. The number of carbonyl (C=O) groups excluding carboxylic acids is 1. The number of nitrogens with zero attached hydrogens (tertiary/aromatic N) is 3. The van der Waals surface area contributed by atoms with E-state index in [-0.39, 0.29) is 42.1 Å². The largest absolute Gasteiger partial charge is 0.456 e. The highest BCUT2D eigenvalue weighted by molar-refractivity contribution is 7.90. The molecule has 11 heteroatoms. The highest BCUT2D eigenvalue weighted by atomic mass is 35.5. The summed E-state index contributed by atoms with van der Waals surface area (Å²) in [5.74, 6) is 0.121. The van der Waals surface area contributed by atoms with Crippen LogP contribution in [0.3, 0.4) is 0 Å². The van der Waals surface area contributed by atoms with Crippen LogP contribution in [-0.2, 0) is 26.2 Å². The molecule has 1 aromatic heterocycles. The number of amidine groups is 1. The molecule has 0 amide bonds. The van der Waals surface area contributed by atoms with E-state index in [1.54, 1.807) is 42.5 Å². The molecule has 1 aliphatic heterocycles. The maximum absolute atomic E-state index is 12.0. The minimum Gasteiger partial charge on any atom is -0.456 e. The molecule has 4 rings (SSSR count). The van der Waals surface area contributed by atoms with Gasteiger partial charge in [-0.1, -0.05) is 23.7 Å². The van der Waals surface area contributed by atoms with Gasteiger partial charge in [-0.15, -0.1) is 10.2 Å². The number of rotatable bonds is 6. The summed E-state index contributed by atoms with van der Waals surface area (Å²) < 4.78 is 37.0. The zero-order valence-electron chi connectivity index (χ0n) is 15.4. The summed E-state index contributed by atoms with van der Waals surface area (Å²) in [5.41, 5.74) is 1.17.